The van der Waals surface area contributed by atoms with Gasteiger partial charge < -0.3 is 9.64 Å². The average molecular weight is 436 g/mol. The van der Waals surface area contributed by atoms with Crippen LogP contribution < -0.4 is 0 Å². The van der Waals surface area contributed by atoms with Crippen LogP contribution in [-0.4, -0.2) is 71.6 Å². The number of rotatable bonds is 8. The molecule has 6 nitrogen and oxygen atoms in total. The predicted molar refractivity (Wildman–Crippen MR) is 124 cm³/mol. The number of methoxy groups -OCH3 is 1. The van der Waals surface area contributed by atoms with Gasteiger partial charge in [-0.2, -0.15) is 0 Å². The summed E-state index contributed by atoms with van der Waals surface area (Å²) in [6.07, 6.45) is 2.06. The molecule has 0 saturated carbocycles. The van der Waals surface area contributed by atoms with Gasteiger partial charge in [0.1, 0.15) is 5.54 Å². The first-order chi connectivity index (χ1) is 15.5. The van der Waals surface area contributed by atoms with Gasteiger partial charge in [0.25, 0.3) is 5.91 Å². The second-order valence-corrected chi connectivity index (χ2v) is 8.92. The van der Waals surface area contributed by atoms with Crippen molar-refractivity contribution in [3.63, 3.8) is 0 Å². The van der Waals surface area contributed by atoms with Crippen LogP contribution in [0.4, 0.5) is 4.79 Å². The number of likely N-dealkylation sites (tertiary alicyclic amines) is 1. The molecule has 2 aliphatic rings. The van der Waals surface area contributed by atoms with Crippen molar-refractivity contribution in [1.29, 1.82) is 0 Å². The van der Waals surface area contributed by atoms with Crippen LogP contribution in [0.25, 0.3) is 0 Å². The fourth-order valence-electron chi connectivity index (χ4n) is 5.05. The number of imide groups is 1. The number of carbonyl (C=O) groups excluding carboxylic acids is 2. The van der Waals surface area contributed by atoms with E-state index in [0.717, 1.165) is 25.1 Å². The molecule has 0 bridgehead atoms. The number of urea groups is 1. The number of ether oxygens (including phenoxy) is 1. The van der Waals surface area contributed by atoms with Crippen molar-refractivity contribution < 1.29 is 14.3 Å². The molecule has 0 aromatic heterocycles. The lowest BCUT2D eigenvalue weighted by Gasteiger charge is -2.44. The number of hydrogen-bond acceptors (Lipinski definition) is 4. The lowest BCUT2D eigenvalue weighted by atomic mass is 9.85. The molecule has 2 heterocycles. The van der Waals surface area contributed by atoms with Crippen molar-refractivity contribution in [3.8, 4) is 0 Å². The van der Waals surface area contributed by atoms with E-state index in [1.54, 1.807) is 7.11 Å². The van der Waals surface area contributed by atoms with Gasteiger partial charge in [0.15, 0.2) is 0 Å². The van der Waals surface area contributed by atoms with Gasteiger partial charge in [-0.3, -0.25) is 14.6 Å². The predicted octanol–water partition coefficient (Wildman–Crippen LogP) is 3.56. The monoisotopic (exact) mass is 435 g/mol. The molecule has 2 aromatic carbocycles. The van der Waals surface area contributed by atoms with Gasteiger partial charge in [-0.1, -0.05) is 60.7 Å². The SMILES string of the molecule is COCC(C)N1CCC2(CC1)C(=O)N(Cc1ccccc1)C(=O)N2CCc1ccccc1. The van der Waals surface area contributed by atoms with Crippen LogP contribution in [0.2, 0.25) is 0 Å². The third kappa shape index (κ3) is 4.43. The molecular weight excluding hydrogens is 402 g/mol. The fraction of sp³-hybridized carbons (Fsp3) is 0.462. The Kier molecular flexibility index (Phi) is 6.92. The van der Waals surface area contributed by atoms with Gasteiger partial charge in [0.2, 0.25) is 0 Å². The summed E-state index contributed by atoms with van der Waals surface area (Å²) >= 11 is 0. The average Bonchev–Trinajstić information content (AvgIpc) is 3.01. The van der Waals surface area contributed by atoms with Crippen molar-refractivity contribution in [2.24, 2.45) is 0 Å². The Morgan fingerprint density at radius 2 is 1.53 bits per heavy atom. The summed E-state index contributed by atoms with van der Waals surface area (Å²) in [7, 11) is 1.72. The molecule has 0 aliphatic carbocycles. The van der Waals surface area contributed by atoms with Gasteiger partial charge in [-0.15, -0.1) is 0 Å². The van der Waals surface area contributed by atoms with Crippen molar-refractivity contribution in [2.45, 2.75) is 44.3 Å². The molecule has 170 valence electrons. The van der Waals surface area contributed by atoms with Gasteiger partial charge in [-0.25, -0.2) is 4.79 Å². The normalized spacial score (nSPS) is 19.7. The van der Waals surface area contributed by atoms with Gasteiger partial charge >= 0.3 is 6.03 Å². The largest absolute Gasteiger partial charge is 0.383 e. The molecule has 0 N–H and O–H groups in total. The standard InChI is InChI=1S/C26H33N3O3/c1-21(20-32-2)27-17-14-26(15-18-27)24(30)28(19-23-11-7-4-8-12-23)25(31)29(26)16-13-22-9-5-3-6-10-22/h3-12,21H,13-20H2,1-2H3. The van der Waals surface area contributed by atoms with Crippen molar-refractivity contribution >= 4 is 11.9 Å². The van der Waals surface area contributed by atoms with E-state index in [1.165, 1.54) is 10.5 Å². The van der Waals surface area contributed by atoms with E-state index >= 15 is 0 Å². The van der Waals surface area contributed by atoms with E-state index in [0.29, 0.717) is 38.6 Å². The van der Waals surface area contributed by atoms with Gasteiger partial charge in [0.05, 0.1) is 13.2 Å². The summed E-state index contributed by atoms with van der Waals surface area (Å²) in [4.78, 5) is 33.0. The molecule has 2 fully saturated rings. The number of carbonyl (C=O) groups is 2. The second-order valence-electron chi connectivity index (χ2n) is 8.92. The minimum atomic E-state index is -0.746. The number of piperidine rings is 1. The topological polar surface area (TPSA) is 53.1 Å². The quantitative estimate of drug-likeness (QED) is 0.595. The zero-order valence-electron chi connectivity index (χ0n) is 19.1. The summed E-state index contributed by atoms with van der Waals surface area (Å²) in [6, 6.07) is 20.1. The van der Waals surface area contributed by atoms with Crippen LogP contribution in [0, 0.1) is 0 Å². The van der Waals surface area contributed by atoms with E-state index in [9.17, 15) is 9.59 Å². The zero-order valence-corrected chi connectivity index (χ0v) is 19.1. The second kappa shape index (κ2) is 9.84. The van der Waals surface area contributed by atoms with Gasteiger partial charge in [-0.05, 0) is 37.3 Å². The summed E-state index contributed by atoms with van der Waals surface area (Å²) in [5.74, 6) is -0.0431. The first-order valence-corrected chi connectivity index (χ1v) is 11.5. The molecule has 2 aliphatic heterocycles. The Morgan fingerprint density at radius 1 is 0.938 bits per heavy atom. The number of hydrogen-bond donors (Lipinski definition) is 0. The number of amides is 3. The summed E-state index contributed by atoms with van der Waals surface area (Å²) in [6.45, 7) is 5.25. The van der Waals surface area contributed by atoms with Crippen molar-refractivity contribution in [1.82, 2.24) is 14.7 Å². The van der Waals surface area contributed by atoms with Gasteiger partial charge in [0, 0.05) is 32.8 Å². The molecule has 0 radical (unpaired) electrons. The Morgan fingerprint density at radius 3 is 2.12 bits per heavy atom. The van der Waals surface area contributed by atoms with Crippen LogP contribution in [0.5, 0.6) is 0 Å². The summed E-state index contributed by atoms with van der Waals surface area (Å²) < 4.78 is 5.32. The lowest BCUT2D eigenvalue weighted by Crippen LogP contribution is -2.58. The van der Waals surface area contributed by atoms with E-state index < -0.39 is 5.54 Å². The Bertz CT molecular complexity index is 910. The molecule has 2 saturated heterocycles. The third-order valence-electron chi connectivity index (χ3n) is 6.93. The Hall–Kier alpha value is -2.70. The van der Waals surface area contributed by atoms with E-state index in [2.05, 4.69) is 24.0 Å². The van der Waals surface area contributed by atoms with E-state index in [1.807, 2.05) is 53.4 Å². The highest BCUT2D eigenvalue weighted by atomic mass is 16.5. The molecule has 32 heavy (non-hydrogen) atoms. The molecule has 1 unspecified atom stereocenters. The first-order valence-electron chi connectivity index (χ1n) is 11.5. The smallest absolute Gasteiger partial charge is 0.328 e. The third-order valence-corrected chi connectivity index (χ3v) is 6.93. The number of nitrogens with zero attached hydrogens (tertiary/aromatic N) is 3. The Labute approximate surface area is 190 Å². The van der Waals surface area contributed by atoms with Crippen LogP contribution in [-0.2, 0) is 22.5 Å². The highest BCUT2D eigenvalue weighted by molar-refractivity contribution is 6.07. The summed E-state index contributed by atoms with van der Waals surface area (Å²) in [5.41, 5.74) is 1.40. The molecule has 2 aromatic rings. The van der Waals surface area contributed by atoms with E-state index in [-0.39, 0.29) is 11.9 Å². The van der Waals surface area contributed by atoms with Crippen molar-refractivity contribution in [2.75, 3.05) is 33.4 Å². The van der Waals surface area contributed by atoms with Crippen LogP contribution in [0.15, 0.2) is 60.7 Å². The molecule has 3 amide bonds. The maximum absolute atomic E-state index is 13.7. The minimum absolute atomic E-state index is 0.0431. The highest BCUT2D eigenvalue weighted by Crippen LogP contribution is 2.38. The van der Waals surface area contributed by atoms with E-state index in [4.69, 9.17) is 4.74 Å². The lowest BCUT2D eigenvalue weighted by molar-refractivity contribution is -0.136. The van der Waals surface area contributed by atoms with Crippen molar-refractivity contribution in [3.05, 3.63) is 71.8 Å². The maximum Gasteiger partial charge on any atom is 0.328 e. The highest BCUT2D eigenvalue weighted by Gasteiger charge is 2.57. The number of benzene rings is 2. The fourth-order valence-corrected chi connectivity index (χ4v) is 5.05. The molecule has 4 rings (SSSR count). The van der Waals surface area contributed by atoms with Crippen LogP contribution in [0.3, 0.4) is 0 Å². The maximum atomic E-state index is 13.7. The molecule has 6 heteroatoms. The summed E-state index contributed by atoms with van der Waals surface area (Å²) in [5, 5.41) is 0. The molecule has 1 atom stereocenters. The Balaban J connectivity index is 1.56. The molecule has 1 spiro atoms. The van der Waals surface area contributed by atoms with Crippen LogP contribution >= 0.6 is 0 Å². The molecular formula is C26H33N3O3. The zero-order chi connectivity index (χ0) is 22.6. The first kappa shape index (κ1) is 22.5. The van der Waals surface area contributed by atoms with Crippen LogP contribution in [0.1, 0.15) is 30.9 Å². The minimum Gasteiger partial charge on any atom is -0.383 e.